The molecular weight excluding hydrogens is 450 g/mol. The summed E-state index contributed by atoms with van der Waals surface area (Å²) >= 11 is 6.45. The summed E-state index contributed by atoms with van der Waals surface area (Å²) in [5.41, 5.74) is 6.82. The molecule has 34 heavy (non-hydrogen) atoms. The van der Waals surface area contributed by atoms with E-state index in [1.54, 1.807) is 30.3 Å². The number of nitrogens with zero attached hydrogens (tertiary/aromatic N) is 4. The molecule has 1 fully saturated rings. The van der Waals surface area contributed by atoms with Crippen molar-refractivity contribution < 1.29 is 9.53 Å². The van der Waals surface area contributed by atoms with Crippen molar-refractivity contribution in [3.63, 3.8) is 0 Å². The molecule has 2 aliphatic rings. The Hall–Kier alpha value is -3.55. The van der Waals surface area contributed by atoms with Crippen molar-refractivity contribution in [3.8, 4) is 5.75 Å². The summed E-state index contributed by atoms with van der Waals surface area (Å²) in [6.45, 7) is 3.62. The lowest BCUT2D eigenvalue weighted by Crippen LogP contribution is -2.47. The number of amides is 1. The number of carbonyl (C=O) groups excluding carboxylic acids is 1. The molecule has 2 heterocycles. The van der Waals surface area contributed by atoms with Gasteiger partial charge in [-0.25, -0.2) is 4.99 Å². The zero-order valence-corrected chi connectivity index (χ0v) is 19.9. The number of likely N-dealkylation sites (N-methyl/N-ethyl adjacent to an activating group) is 1. The van der Waals surface area contributed by atoms with Gasteiger partial charge >= 0.3 is 0 Å². The largest absolute Gasteiger partial charge is 0.497 e. The van der Waals surface area contributed by atoms with E-state index in [9.17, 15) is 4.79 Å². The number of nitrogens with one attached hydrogen (secondary N) is 1. The summed E-state index contributed by atoms with van der Waals surface area (Å²) in [5, 5.41) is 2.42. The topological polar surface area (TPSA) is 60.4 Å². The average Bonchev–Trinajstić information content (AvgIpc) is 2.99. The number of halogens is 1. The molecule has 0 spiro atoms. The number of hydrazine groups is 1. The second-order valence-corrected chi connectivity index (χ2v) is 8.82. The first-order valence-electron chi connectivity index (χ1n) is 11.2. The molecule has 3 aromatic carbocycles. The van der Waals surface area contributed by atoms with Crippen LogP contribution in [-0.2, 0) is 0 Å². The van der Waals surface area contributed by atoms with Crippen LogP contribution in [0, 0.1) is 0 Å². The number of anilines is 2. The lowest BCUT2D eigenvalue weighted by atomic mass is 10.1. The molecule has 0 radical (unpaired) electrons. The summed E-state index contributed by atoms with van der Waals surface area (Å²) < 4.78 is 5.29. The van der Waals surface area contributed by atoms with Crippen molar-refractivity contribution in [2.45, 2.75) is 0 Å². The maximum Gasteiger partial charge on any atom is 0.270 e. The second-order valence-electron chi connectivity index (χ2n) is 8.38. The molecule has 1 amide bonds. The Balaban J connectivity index is 1.60. The van der Waals surface area contributed by atoms with Crippen molar-refractivity contribution in [1.29, 1.82) is 0 Å². The Morgan fingerprint density at radius 3 is 2.56 bits per heavy atom. The van der Waals surface area contributed by atoms with Gasteiger partial charge < -0.3 is 14.5 Å². The van der Waals surface area contributed by atoms with E-state index in [0.29, 0.717) is 16.3 Å². The van der Waals surface area contributed by atoms with Gasteiger partial charge in [-0.05, 0) is 55.6 Å². The smallest absolute Gasteiger partial charge is 0.270 e. The van der Waals surface area contributed by atoms with Crippen molar-refractivity contribution in [2.75, 3.05) is 45.3 Å². The van der Waals surface area contributed by atoms with Gasteiger partial charge in [-0.1, -0.05) is 29.8 Å². The van der Waals surface area contributed by atoms with E-state index in [1.165, 1.54) is 0 Å². The number of ether oxygens (including phenoxy) is 1. The minimum atomic E-state index is -0.252. The molecule has 1 saturated heterocycles. The van der Waals surface area contributed by atoms with Gasteiger partial charge in [-0.2, -0.15) is 0 Å². The maximum atomic E-state index is 13.3. The average molecular weight is 476 g/mol. The van der Waals surface area contributed by atoms with Crippen LogP contribution in [0.2, 0.25) is 5.02 Å². The molecule has 1 N–H and O–H groups in total. The van der Waals surface area contributed by atoms with E-state index in [2.05, 4.69) is 22.3 Å². The molecule has 0 unspecified atom stereocenters. The molecule has 0 aliphatic carbocycles. The predicted molar refractivity (Wildman–Crippen MR) is 136 cm³/mol. The standard InChI is InChI=1S/C26H26ClN5O2/c1-30-12-14-31(15-13-30)25-21-17-19(27)10-11-23(21)32(24-9-4-3-8-22(24)28-25)29-26(33)18-6-5-7-20(16-18)34-2/h3-11,16-17H,12-15H2,1-2H3,(H,29,33). The highest BCUT2D eigenvalue weighted by molar-refractivity contribution is 6.31. The fourth-order valence-corrected chi connectivity index (χ4v) is 4.42. The summed E-state index contributed by atoms with van der Waals surface area (Å²) in [6, 6.07) is 20.6. The van der Waals surface area contributed by atoms with Gasteiger partial charge in [0.1, 0.15) is 11.6 Å². The van der Waals surface area contributed by atoms with Gasteiger partial charge in [0.2, 0.25) is 0 Å². The van der Waals surface area contributed by atoms with Crippen LogP contribution in [0.25, 0.3) is 0 Å². The minimum absolute atomic E-state index is 0.252. The summed E-state index contributed by atoms with van der Waals surface area (Å²) in [4.78, 5) is 23.0. The maximum absolute atomic E-state index is 13.3. The number of benzene rings is 3. The number of hydrogen-bond acceptors (Lipinski definition) is 6. The van der Waals surface area contributed by atoms with Gasteiger partial charge in [-0.15, -0.1) is 0 Å². The van der Waals surface area contributed by atoms with E-state index >= 15 is 0 Å². The molecule has 0 aromatic heterocycles. The number of fused-ring (bicyclic) bond motifs is 2. The summed E-state index contributed by atoms with van der Waals surface area (Å²) in [6.07, 6.45) is 0. The Kier molecular flexibility index (Phi) is 6.13. The molecule has 174 valence electrons. The zero-order chi connectivity index (χ0) is 23.7. The van der Waals surface area contributed by atoms with Gasteiger partial charge in [0.15, 0.2) is 0 Å². The van der Waals surface area contributed by atoms with Crippen LogP contribution in [0.15, 0.2) is 71.7 Å². The van der Waals surface area contributed by atoms with Crippen molar-refractivity contribution in [3.05, 3.63) is 82.9 Å². The number of aliphatic imine (C=N–C) groups is 1. The van der Waals surface area contributed by atoms with Crippen molar-refractivity contribution in [2.24, 2.45) is 4.99 Å². The fraction of sp³-hybridized carbons (Fsp3) is 0.231. The van der Waals surface area contributed by atoms with Crippen LogP contribution in [-0.4, -0.2) is 61.9 Å². The first-order valence-corrected chi connectivity index (χ1v) is 11.6. The van der Waals surface area contributed by atoms with Gasteiger partial charge in [0.05, 0.1) is 24.2 Å². The van der Waals surface area contributed by atoms with E-state index in [1.807, 2.05) is 48.5 Å². The van der Waals surface area contributed by atoms with Crippen LogP contribution in [0.1, 0.15) is 15.9 Å². The number of amidine groups is 1. The van der Waals surface area contributed by atoms with Crippen LogP contribution in [0.3, 0.4) is 0 Å². The second kappa shape index (κ2) is 9.37. The number of methoxy groups -OCH3 is 1. The number of hydrogen-bond donors (Lipinski definition) is 1. The van der Waals surface area contributed by atoms with Crippen LogP contribution in [0.5, 0.6) is 5.75 Å². The molecule has 0 atom stereocenters. The lowest BCUT2D eigenvalue weighted by Gasteiger charge is -2.35. The first kappa shape index (κ1) is 22.3. The van der Waals surface area contributed by atoms with Crippen LogP contribution >= 0.6 is 11.6 Å². The number of rotatable bonds is 3. The Labute approximate surface area is 204 Å². The summed E-state index contributed by atoms with van der Waals surface area (Å²) in [5.74, 6) is 1.23. The lowest BCUT2D eigenvalue weighted by molar-refractivity contribution is 0.0953. The molecule has 8 heteroatoms. The third-order valence-electron chi connectivity index (χ3n) is 6.14. The number of para-hydroxylation sites is 2. The quantitative estimate of drug-likeness (QED) is 0.605. The third kappa shape index (κ3) is 4.32. The van der Waals surface area contributed by atoms with Gasteiger partial charge in [0.25, 0.3) is 5.91 Å². The fourth-order valence-electron chi connectivity index (χ4n) is 4.24. The highest BCUT2D eigenvalue weighted by Crippen LogP contribution is 2.40. The molecule has 7 nitrogen and oxygen atoms in total. The van der Waals surface area contributed by atoms with E-state index in [-0.39, 0.29) is 5.91 Å². The molecule has 3 aromatic rings. The number of carbonyl (C=O) groups is 1. The van der Waals surface area contributed by atoms with Crippen LogP contribution < -0.4 is 15.2 Å². The number of piperazine rings is 1. The highest BCUT2D eigenvalue weighted by atomic mass is 35.5. The predicted octanol–water partition coefficient (Wildman–Crippen LogP) is 4.47. The Bertz CT molecular complexity index is 1250. The molecule has 0 saturated carbocycles. The third-order valence-corrected chi connectivity index (χ3v) is 6.37. The van der Waals surface area contributed by atoms with Gasteiger partial charge in [-0.3, -0.25) is 15.2 Å². The van der Waals surface area contributed by atoms with E-state index in [0.717, 1.165) is 54.6 Å². The minimum Gasteiger partial charge on any atom is -0.497 e. The SMILES string of the molecule is COc1cccc(C(=O)NN2c3ccccc3N=C(N3CCN(C)CC3)c3cc(Cl)ccc32)c1. The van der Waals surface area contributed by atoms with E-state index < -0.39 is 0 Å². The molecule has 0 bridgehead atoms. The van der Waals surface area contributed by atoms with Gasteiger partial charge in [0, 0.05) is 42.3 Å². The van der Waals surface area contributed by atoms with Crippen molar-refractivity contribution >= 4 is 40.4 Å². The van der Waals surface area contributed by atoms with E-state index in [4.69, 9.17) is 21.3 Å². The molecular formula is C26H26ClN5O2. The molecule has 5 rings (SSSR count). The zero-order valence-electron chi connectivity index (χ0n) is 19.2. The Morgan fingerprint density at radius 2 is 1.76 bits per heavy atom. The first-order chi connectivity index (χ1) is 16.5. The van der Waals surface area contributed by atoms with Crippen molar-refractivity contribution in [1.82, 2.24) is 15.2 Å². The molecule has 2 aliphatic heterocycles. The summed E-state index contributed by atoms with van der Waals surface area (Å²) in [7, 11) is 3.71. The monoisotopic (exact) mass is 475 g/mol. The van der Waals surface area contributed by atoms with Crippen LogP contribution in [0.4, 0.5) is 17.1 Å². The Morgan fingerprint density at radius 1 is 0.971 bits per heavy atom. The normalized spacial score (nSPS) is 15.7. The highest BCUT2D eigenvalue weighted by Gasteiger charge is 2.29.